The standard InChI is InChI=1S/C17H25NO.C10H21NO/c1-6-14(2)11-15(3)12-18(4)13-16-7-9-17(19-5)10-8-16;1-5-7-9(12)10(3,4)11-8-6-2/h7-12H,6,13H2,1-5H3;11H,5-8H2,1-4H3/b14-11+,15-12-;. The fraction of sp³-hybridized carbons (Fsp3) is 0.593. The van der Waals surface area contributed by atoms with E-state index in [-0.39, 0.29) is 5.54 Å². The predicted molar refractivity (Wildman–Crippen MR) is 135 cm³/mol. The van der Waals surface area contributed by atoms with Gasteiger partial charge in [-0.25, -0.2) is 0 Å². The Hall–Kier alpha value is -2.07. The zero-order valence-corrected chi connectivity index (χ0v) is 21.5. The van der Waals surface area contributed by atoms with Gasteiger partial charge in [-0.1, -0.05) is 44.6 Å². The minimum Gasteiger partial charge on any atom is -0.497 e. The van der Waals surface area contributed by atoms with Gasteiger partial charge >= 0.3 is 0 Å². The lowest BCUT2D eigenvalue weighted by molar-refractivity contribution is -0.124. The van der Waals surface area contributed by atoms with Crippen molar-refractivity contribution in [2.75, 3.05) is 20.7 Å². The first-order chi connectivity index (χ1) is 14.6. The summed E-state index contributed by atoms with van der Waals surface area (Å²) in [5.41, 5.74) is 3.65. The molecule has 176 valence electrons. The number of Topliss-reactive ketones (excluding diaryl/α,β-unsaturated/α-hetero) is 1. The first-order valence-electron chi connectivity index (χ1n) is 11.6. The van der Waals surface area contributed by atoms with Crippen molar-refractivity contribution in [3.8, 4) is 5.75 Å². The fourth-order valence-corrected chi connectivity index (χ4v) is 3.02. The van der Waals surface area contributed by atoms with Gasteiger partial charge in [0.05, 0.1) is 12.6 Å². The summed E-state index contributed by atoms with van der Waals surface area (Å²) in [6.45, 7) is 16.4. The van der Waals surface area contributed by atoms with E-state index in [9.17, 15) is 4.79 Å². The minimum atomic E-state index is -0.327. The SMILES string of the molecule is CC/C(C)=C/C(C)=C\N(C)Cc1ccc(OC)cc1.CCCNC(C)(C)C(=O)CCC. The summed E-state index contributed by atoms with van der Waals surface area (Å²) < 4.78 is 5.16. The lowest BCUT2D eigenvalue weighted by atomic mass is 9.95. The molecule has 4 heteroatoms. The van der Waals surface area contributed by atoms with Crippen molar-refractivity contribution in [1.82, 2.24) is 10.2 Å². The molecule has 0 fully saturated rings. The molecular formula is C27H46N2O2. The van der Waals surface area contributed by atoms with Crippen molar-refractivity contribution in [1.29, 1.82) is 0 Å². The van der Waals surface area contributed by atoms with E-state index in [4.69, 9.17) is 4.74 Å². The number of ketones is 1. The van der Waals surface area contributed by atoms with Crippen LogP contribution < -0.4 is 10.1 Å². The molecule has 0 unspecified atom stereocenters. The molecule has 31 heavy (non-hydrogen) atoms. The predicted octanol–water partition coefficient (Wildman–Crippen LogP) is 6.52. The number of ether oxygens (including phenoxy) is 1. The van der Waals surface area contributed by atoms with E-state index in [0.717, 1.165) is 38.1 Å². The maximum atomic E-state index is 11.5. The maximum Gasteiger partial charge on any atom is 0.152 e. The van der Waals surface area contributed by atoms with Crippen LogP contribution in [0, 0.1) is 0 Å². The number of hydrogen-bond donors (Lipinski definition) is 1. The molecule has 0 aliphatic heterocycles. The molecule has 0 aliphatic carbocycles. The minimum absolute atomic E-state index is 0.318. The van der Waals surface area contributed by atoms with Crippen LogP contribution in [0.15, 0.2) is 47.7 Å². The number of carbonyl (C=O) groups excluding carboxylic acids is 1. The summed E-state index contributed by atoms with van der Waals surface area (Å²) in [5.74, 6) is 1.22. The second kappa shape index (κ2) is 15.7. The van der Waals surface area contributed by atoms with E-state index in [2.05, 4.69) is 69.4 Å². The number of allylic oxidation sites excluding steroid dienone is 3. The lowest BCUT2D eigenvalue weighted by Crippen LogP contribution is -2.46. The average molecular weight is 431 g/mol. The van der Waals surface area contributed by atoms with E-state index in [0.29, 0.717) is 12.2 Å². The third kappa shape index (κ3) is 13.1. The largest absolute Gasteiger partial charge is 0.497 e. The van der Waals surface area contributed by atoms with E-state index in [1.807, 2.05) is 32.9 Å². The van der Waals surface area contributed by atoms with E-state index in [1.165, 1.54) is 16.7 Å². The van der Waals surface area contributed by atoms with Crippen LogP contribution in [-0.4, -0.2) is 36.9 Å². The molecule has 4 nitrogen and oxygen atoms in total. The van der Waals surface area contributed by atoms with Gasteiger partial charge in [-0.05, 0) is 76.8 Å². The number of rotatable bonds is 12. The number of benzene rings is 1. The summed E-state index contributed by atoms with van der Waals surface area (Å²) in [4.78, 5) is 13.7. The highest BCUT2D eigenvalue weighted by molar-refractivity contribution is 5.87. The van der Waals surface area contributed by atoms with Gasteiger partial charge in [0.25, 0.3) is 0 Å². The van der Waals surface area contributed by atoms with Crippen molar-refractivity contribution in [3.63, 3.8) is 0 Å². The Morgan fingerprint density at radius 2 is 1.71 bits per heavy atom. The number of hydrogen-bond acceptors (Lipinski definition) is 4. The van der Waals surface area contributed by atoms with Crippen molar-refractivity contribution in [3.05, 3.63) is 53.3 Å². The lowest BCUT2D eigenvalue weighted by Gasteiger charge is -2.24. The molecule has 1 aromatic carbocycles. The van der Waals surface area contributed by atoms with Crippen LogP contribution in [0.2, 0.25) is 0 Å². The highest BCUT2D eigenvalue weighted by Crippen LogP contribution is 2.13. The van der Waals surface area contributed by atoms with Crippen molar-refractivity contribution in [2.45, 2.75) is 86.2 Å². The maximum absolute atomic E-state index is 11.5. The summed E-state index contributed by atoms with van der Waals surface area (Å²) in [6, 6.07) is 8.21. The zero-order chi connectivity index (χ0) is 23.9. The van der Waals surface area contributed by atoms with Crippen LogP contribution in [0.4, 0.5) is 0 Å². The van der Waals surface area contributed by atoms with Gasteiger partial charge < -0.3 is 15.0 Å². The Kier molecular flexibility index (Phi) is 14.6. The van der Waals surface area contributed by atoms with Gasteiger partial charge in [-0.3, -0.25) is 4.79 Å². The van der Waals surface area contributed by atoms with E-state index >= 15 is 0 Å². The van der Waals surface area contributed by atoms with Crippen LogP contribution in [0.1, 0.15) is 79.7 Å². The second-order valence-electron chi connectivity index (χ2n) is 8.71. The zero-order valence-electron chi connectivity index (χ0n) is 21.5. The number of nitrogens with one attached hydrogen (secondary N) is 1. The molecule has 0 spiro atoms. The molecule has 0 saturated carbocycles. The molecule has 0 radical (unpaired) electrons. The molecule has 1 rings (SSSR count). The van der Waals surface area contributed by atoms with E-state index in [1.54, 1.807) is 7.11 Å². The van der Waals surface area contributed by atoms with Gasteiger partial charge in [0.1, 0.15) is 5.75 Å². The van der Waals surface area contributed by atoms with Crippen LogP contribution in [-0.2, 0) is 11.3 Å². The Balaban J connectivity index is 0.000000649. The molecule has 0 atom stereocenters. The molecule has 0 aromatic heterocycles. The van der Waals surface area contributed by atoms with Gasteiger partial charge in [0, 0.05) is 26.2 Å². The molecule has 1 aromatic rings. The monoisotopic (exact) mass is 430 g/mol. The highest BCUT2D eigenvalue weighted by Gasteiger charge is 2.24. The van der Waals surface area contributed by atoms with Crippen LogP contribution in [0.3, 0.4) is 0 Å². The van der Waals surface area contributed by atoms with E-state index < -0.39 is 0 Å². The number of carbonyl (C=O) groups is 1. The second-order valence-corrected chi connectivity index (χ2v) is 8.71. The Labute approximate surface area is 191 Å². The molecular weight excluding hydrogens is 384 g/mol. The fourth-order valence-electron chi connectivity index (χ4n) is 3.02. The summed E-state index contributed by atoms with van der Waals surface area (Å²) in [6.07, 6.45) is 8.23. The summed E-state index contributed by atoms with van der Waals surface area (Å²) >= 11 is 0. The van der Waals surface area contributed by atoms with Gasteiger partial charge in [0.2, 0.25) is 0 Å². The third-order valence-electron chi connectivity index (χ3n) is 5.04. The van der Waals surface area contributed by atoms with Crippen molar-refractivity contribution < 1.29 is 9.53 Å². The highest BCUT2D eigenvalue weighted by atomic mass is 16.5. The van der Waals surface area contributed by atoms with Crippen molar-refractivity contribution >= 4 is 5.78 Å². The van der Waals surface area contributed by atoms with Gasteiger partial charge in [0.15, 0.2) is 5.78 Å². The molecule has 0 aliphatic rings. The topological polar surface area (TPSA) is 41.6 Å². The third-order valence-corrected chi connectivity index (χ3v) is 5.04. The van der Waals surface area contributed by atoms with Gasteiger partial charge in [-0.2, -0.15) is 0 Å². The van der Waals surface area contributed by atoms with Gasteiger partial charge in [-0.15, -0.1) is 0 Å². The molecule has 0 amide bonds. The summed E-state index contributed by atoms with van der Waals surface area (Å²) in [7, 11) is 3.79. The quantitative estimate of drug-likeness (QED) is 0.383. The summed E-state index contributed by atoms with van der Waals surface area (Å²) in [5, 5.41) is 3.24. The first-order valence-corrected chi connectivity index (χ1v) is 11.6. The number of methoxy groups -OCH3 is 1. The van der Waals surface area contributed by atoms with Crippen LogP contribution in [0.25, 0.3) is 0 Å². The normalized spacial score (nSPS) is 12.2. The molecule has 1 N–H and O–H groups in total. The number of nitrogens with zero attached hydrogens (tertiary/aromatic N) is 1. The first kappa shape index (κ1) is 28.9. The Bertz CT molecular complexity index is 688. The molecule has 0 heterocycles. The molecule has 0 bridgehead atoms. The van der Waals surface area contributed by atoms with Crippen LogP contribution in [0.5, 0.6) is 5.75 Å². The molecule has 0 saturated heterocycles. The van der Waals surface area contributed by atoms with Crippen molar-refractivity contribution in [2.24, 2.45) is 0 Å². The Morgan fingerprint density at radius 1 is 1.10 bits per heavy atom. The van der Waals surface area contributed by atoms with Crippen LogP contribution >= 0.6 is 0 Å². The smallest absolute Gasteiger partial charge is 0.152 e. The Morgan fingerprint density at radius 3 is 2.19 bits per heavy atom. The average Bonchev–Trinajstić information content (AvgIpc) is 2.73.